The number of aromatic nitrogens is 1. The Hall–Kier alpha value is -2.11. The van der Waals surface area contributed by atoms with Gasteiger partial charge < -0.3 is 16.0 Å². The number of pyridine rings is 1. The van der Waals surface area contributed by atoms with E-state index < -0.39 is 0 Å². The van der Waals surface area contributed by atoms with Crippen molar-refractivity contribution in [2.45, 2.75) is 20.3 Å². The zero-order chi connectivity index (χ0) is 15.0. The first-order chi connectivity index (χ1) is 9.52. The van der Waals surface area contributed by atoms with E-state index in [-0.39, 0.29) is 18.2 Å². The van der Waals surface area contributed by atoms with Crippen molar-refractivity contribution in [3.63, 3.8) is 0 Å². The molecule has 0 unspecified atom stereocenters. The number of nitrogens with zero attached hydrogens (tertiary/aromatic N) is 1. The van der Waals surface area contributed by atoms with Gasteiger partial charge in [-0.05, 0) is 18.1 Å². The average molecular weight is 278 g/mol. The third-order valence-corrected chi connectivity index (χ3v) is 2.63. The normalized spacial score (nSPS) is 10.2. The van der Waals surface area contributed by atoms with Gasteiger partial charge in [-0.15, -0.1) is 0 Å². The topological polar surface area (TPSA) is 83.1 Å². The van der Waals surface area contributed by atoms with E-state index in [2.05, 4.69) is 20.9 Å². The molecule has 1 rings (SSSR count). The lowest BCUT2D eigenvalue weighted by Crippen LogP contribution is -2.32. The van der Waals surface area contributed by atoms with Crippen LogP contribution in [0.4, 0.5) is 5.82 Å². The van der Waals surface area contributed by atoms with Crippen molar-refractivity contribution in [1.29, 1.82) is 0 Å². The number of carbonyl (C=O) groups is 2. The molecule has 6 heteroatoms. The molecule has 0 saturated carbocycles. The summed E-state index contributed by atoms with van der Waals surface area (Å²) in [6.45, 7) is 5.03. The van der Waals surface area contributed by atoms with Gasteiger partial charge in [-0.1, -0.05) is 13.8 Å². The van der Waals surface area contributed by atoms with Crippen LogP contribution in [0.25, 0.3) is 0 Å². The Labute approximate surface area is 119 Å². The van der Waals surface area contributed by atoms with Crippen LogP contribution in [0, 0.1) is 5.92 Å². The smallest absolute Gasteiger partial charge is 0.252 e. The van der Waals surface area contributed by atoms with Crippen LogP contribution in [0.1, 0.15) is 30.6 Å². The predicted octanol–water partition coefficient (Wildman–Crippen LogP) is 1.02. The van der Waals surface area contributed by atoms with Gasteiger partial charge >= 0.3 is 0 Å². The Bertz CT molecular complexity index is 443. The minimum absolute atomic E-state index is 0.0531. The SMILES string of the molecule is CNc1ccc(C(=O)NCCC(=O)NCC(C)C)cn1. The molecule has 1 aromatic rings. The maximum Gasteiger partial charge on any atom is 0.252 e. The minimum atomic E-state index is -0.225. The summed E-state index contributed by atoms with van der Waals surface area (Å²) in [4.78, 5) is 27.3. The first-order valence-electron chi connectivity index (χ1n) is 6.71. The Morgan fingerprint density at radius 2 is 2.00 bits per heavy atom. The van der Waals surface area contributed by atoms with E-state index in [1.165, 1.54) is 6.20 Å². The van der Waals surface area contributed by atoms with Gasteiger partial charge in [0.15, 0.2) is 0 Å². The lowest BCUT2D eigenvalue weighted by atomic mass is 10.2. The molecule has 0 bridgehead atoms. The van der Waals surface area contributed by atoms with Crippen LogP contribution in [-0.2, 0) is 4.79 Å². The standard InChI is InChI=1S/C14H22N4O2/c1-10(2)8-18-13(19)6-7-16-14(20)11-4-5-12(15-3)17-9-11/h4-5,9-10H,6-8H2,1-3H3,(H,15,17)(H,16,20)(H,18,19). The summed E-state index contributed by atoms with van der Waals surface area (Å²) in [6, 6.07) is 3.41. The van der Waals surface area contributed by atoms with Crippen LogP contribution in [0.15, 0.2) is 18.3 Å². The number of anilines is 1. The molecule has 110 valence electrons. The van der Waals surface area contributed by atoms with Gasteiger partial charge in [0.2, 0.25) is 5.91 Å². The van der Waals surface area contributed by atoms with Crippen LogP contribution < -0.4 is 16.0 Å². The largest absolute Gasteiger partial charge is 0.373 e. The lowest BCUT2D eigenvalue weighted by Gasteiger charge is -2.08. The molecule has 0 aromatic carbocycles. The molecule has 0 atom stereocenters. The zero-order valence-corrected chi connectivity index (χ0v) is 12.2. The fraction of sp³-hybridized carbons (Fsp3) is 0.500. The number of carbonyl (C=O) groups excluding carboxylic acids is 2. The number of rotatable bonds is 7. The summed E-state index contributed by atoms with van der Waals surface area (Å²) < 4.78 is 0. The summed E-state index contributed by atoms with van der Waals surface area (Å²) in [5.41, 5.74) is 0.478. The van der Waals surface area contributed by atoms with E-state index in [4.69, 9.17) is 0 Å². The van der Waals surface area contributed by atoms with E-state index in [1.807, 2.05) is 13.8 Å². The number of hydrogen-bond donors (Lipinski definition) is 3. The second-order valence-corrected chi connectivity index (χ2v) is 4.89. The molecule has 1 heterocycles. The third-order valence-electron chi connectivity index (χ3n) is 2.63. The quantitative estimate of drug-likeness (QED) is 0.695. The molecule has 0 radical (unpaired) electrons. The van der Waals surface area contributed by atoms with Gasteiger partial charge in [0.05, 0.1) is 5.56 Å². The Morgan fingerprint density at radius 1 is 1.25 bits per heavy atom. The van der Waals surface area contributed by atoms with Crippen LogP contribution in [0.2, 0.25) is 0 Å². The highest BCUT2D eigenvalue weighted by Crippen LogP contribution is 2.03. The number of nitrogens with one attached hydrogen (secondary N) is 3. The molecule has 0 aliphatic rings. The molecule has 0 fully saturated rings. The maximum atomic E-state index is 11.8. The van der Waals surface area contributed by atoms with Crippen LogP contribution in [-0.4, -0.2) is 36.9 Å². The van der Waals surface area contributed by atoms with Crippen molar-refractivity contribution in [3.8, 4) is 0 Å². The highest BCUT2D eigenvalue weighted by atomic mass is 16.2. The van der Waals surface area contributed by atoms with E-state index in [0.717, 1.165) is 0 Å². The van der Waals surface area contributed by atoms with Crippen molar-refractivity contribution >= 4 is 17.6 Å². The lowest BCUT2D eigenvalue weighted by molar-refractivity contribution is -0.121. The van der Waals surface area contributed by atoms with Gasteiger partial charge in [-0.3, -0.25) is 9.59 Å². The van der Waals surface area contributed by atoms with E-state index >= 15 is 0 Å². The monoisotopic (exact) mass is 278 g/mol. The Morgan fingerprint density at radius 3 is 2.55 bits per heavy atom. The molecule has 0 aliphatic carbocycles. The Balaban J connectivity index is 2.30. The molecule has 6 nitrogen and oxygen atoms in total. The average Bonchev–Trinajstić information content (AvgIpc) is 2.45. The molecule has 0 spiro atoms. The van der Waals surface area contributed by atoms with E-state index in [0.29, 0.717) is 30.4 Å². The molecular formula is C14H22N4O2. The first-order valence-corrected chi connectivity index (χ1v) is 6.71. The van der Waals surface area contributed by atoms with Gasteiger partial charge in [-0.2, -0.15) is 0 Å². The third kappa shape index (κ3) is 5.69. The summed E-state index contributed by atoms with van der Waals surface area (Å²) in [5.74, 6) is 0.847. The summed E-state index contributed by atoms with van der Waals surface area (Å²) in [7, 11) is 1.76. The second-order valence-electron chi connectivity index (χ2n) is 4.89. The zero-order valence-electron chi connectivity index (χ0n) is 12.2. The minimum Gasteiger partial charge on any atom is -0.373 e. The summed E-state index contributed by atoms with van der Waals surface area (Å²) in [6.07, 6.45) is 1.78. The van der Waals surface area contributed by atoms with Crippen LogP contribution >= 0.6 is 0 Å². The molecule has 1 aromatic heterocycles. The van der Waals surface area contributed by atoms with Crippen molar-refractivity contribution in [1.82, 2.24) is 15.6 Å². The van der Waals surface area contributed by atoms with Crippen molar-refractivity contribution in [3.05, 3.63) is 23.9 Å². The summed E-state index contributed by atoms with van der Waals surface area (Å²) in [5, 5.41) is 8.37. The van der Waals surface area contributed by atoms with Crippen LogP contribution in [0.5, 0.6) is 0 Å². The van der Waals surface area contributed by atoms with Gasteiger partial charge in [0.25, 0.3) is 5.91 Å². The van der Waals surface area contributed by atoms with Gasteiger partial charge in [0, 0.05) is 32.8 Å². The van der Waals surface area contributed by atoms with Crippen LogP contribution in [0.3, 0.4) is 0 Å². The predicted molar refractivity (Wildman–Crippen MR) is 78.6 cm³/mol. The van der Waals surface area contributed by atoms with Gasteiger partial charge in [0.1, 0.15) is 5.82 Å². The molecular weight excluding hydrogens is 256 g/mol. The molecule has 0 saturated heterocycles. The van der Waals surface area contributed by atoms with E-state index in [1.54, 1.807) is 19.2 Å². The molecule has 0 aliphatic heterocycles. The van der Waals surface area contributed by atoms with Crippen molar-refractivity contribution in [2.75, 3.05) is 25.5 Å². The number of amides is 2. The first kappa shape index (κ1) is 15.9. The van der Waals surface area contributed by atoms with E-state index in [9.17, 15) is 9.59 Å². The molecule has 20 heavy (non-hydrogen) atoms. The highest BCUT2D eigenvalue weighted by Gasteiger charge is 2.07. The second kappa shape index (κ2) is 8.14. The fourth-order valence-electron chi connectivity index (χ4n) is 1.47. The molecule has 2 amide bonds. The van der Waals surface area contributed by atoms with Crippen molar-refractivity contribution in [2.24, 2.45) is 5.92 Å². The number of hydrogen-bond acceptors (Lipinski definition) is 4. The summed E-state index contributed by atoms with van der Waals surface area (Å²) >= 11 is 0. The highest BCUT2D eigenvalue weighted by molar-refractivity contribution is 5.94. The van der Waals surface area contributed by atoms with Gasteiger partial charge in [-0.25, -0.2) is 4.98 Å². The van der Waals surface area contributed by atoms with Crippen molar-refractivity contribution < 1.29 is 9.59 Å². The molecule has 3 N–H and O–H groups in total. The fourth-order valence-corrected chi connectivity index (χ4v) is 1.47. The maximum absolute atomic E-state index is 11.8. The Kier molecular flexibility index (Phi) is 6.49.